The molecule has 2 N–H and O–H groups in total. The molecule has 6 heteroatoms. The predicted molar refractivity (Wildman–Crippen MR) is 103 cm³/mol. The second-order valence-electron chi connectivity index (χ2n) is 7.07. The highest BCUT2D eigenvalue weighted by molar-refractivity contribution is 5.95. The summed E-state index contributed by atoms with van der Waals surface area (Å²) in [5.41, 5.74) is 0.699. The molecule has 0 saturated carbocycles. The quantitative estimate of drug-likeness (QED) is 0.783. The van der Waals surface area contributed by atoms with Gasteiger partial charge >= 0.3 is 0 Å². The summed E-state index contributed by atoms with van der Waals surface area (Å²) in [7, 11) is 0. The Balaban J connectivity index is 1.87. The molecule has 1 aliphatic heterocycles. The summed E-state index contributed by atoms with van der Waals surface area (Å²) >= 11 is 0. The van der Waals surface area contributed by atoms with Gasteiger partial charge in [-0.2, -0.15) is 0 Å². The fraction of sp³-hybridized carbons (Fsp3) is 0.600. The highest BCUT2D eigenvalue weighted by Gasteiger charge is 2.28. The number of rotatable bonds is 7. The van der Waals surface area contributed by atoms with Gasteiger partial charge in [-0.15, -0.1) is 0 Å². The van der Waals surface area contributed by atoms with E-state index in [9.17, 15) is 9.59 Å². The minimum Gasteiger partial charge on any atom is -0.492 e. The largest absolute Gasteiger partial charge is 0.492 e. The highest BCUT2D eigenvalue weighted by atomic mass is 16.5. The standard InChI is InChI=1S/C20H31N3O3/c1-5-26-18-9-7-6-8-17(18)22-20(25)15(4)23-12-10-16(11-13-23)21-19(24)14(2)3/h6-9,14-16H,5,10-13H2,1-4H3,(H,21,24)(H,22,25). The zero-order valence-electron chi connectivity index (χ0n) is 16.2. The van der Waals surface area contributed by atoms with Gasteiger partial charge in [-0.25, -0.2) is 0 Å². The zero-order valence-corrected chi connectivity index (χ0v) is 16.2. The summed E-state index contributed by atoms with van der Waals surface area (Å²) in [6.45, 7) is 9.79. The second kappa shape index (κ2) is 9.57. The second-order valence-corrected chi connectivity index (χ2v) is 7.07. The Labute approximate surface area is 156 Å². The van der Waals surface area contributed by atoms with Gasteiger partial charge in [-0.05, 0) is 38.8 Å². The number of hydrogen-bond acceptors (Lipinski definition) is 4. The number of benzene rings is 1. The lowest BCUT2D eigenvalue weighted by Gasteiger charge is -2.35. The molecule has 1 atom stereocenters. The molecular formula is C20H31N3O3. The summed E-state index contributed by atoms with van der Waals surface area (Å²) < 4.78 is 5.56. The van der Waals surface area contributed by atoms with Crippen molar-refractivity contribution in [2.24, 2.45) is 5.92 Å². The number of nitrogens with one attached hydrogen (secondary N) is 2. The molecule has 1 aromatic carbocycles. The number of likely N-dealkylation sites (tertiary alicyclic amines) is 1. The van der Waals surface area contributed by atoms with E-state index in [-0.39, 0.29) is 29.8 Å². The van der Waals surface area contributed by atoms with Gasteiger partial charge in [-0.3, -0.25) is 14.5 Å². The first-order valence-corrected chi connectivity index (χ1v) is 9.49. The zero-order chi connectivity index (χ0) is 19.1. The van der Waals surface area contributed by atoms with Gasteiger partial charge < -0.3 is 15.4 Å². The molecule has 1 heterocycles. The maximum atomic E-state index is 12.6. The fourth-order valence-electron chi connectivity index (χ4n) is 3.05. The summed E-state index contributed by atoms with van der Waals surface area (Å²) in [6.07, 6.45) is 1.73. The summed E-state index contributed by atoms with van der Waals surface area (Å²) in [6, 6.07) is 7.45. The third-order valence-electron chi connectivity index (χ3n) is 4.77. The molecule has 6 nitrogen and oxygen atoms in total. The Morgan fingerprint density at radius 1 is 1.15 bits per heavy atom. The maximum Gasteiger partial charge on any atom is 0.241 e. The molecule has 2 amide bonds. The molecule has 144 valence electrons. The van der Waals surface area contributed by atoms with E-state index in [1.165, 1.54) is 0 Å². The Morgan fingerprint density at radius 2 is 1.81 bits per heavy atom. The van der Waals surface area contributed by atoms with Gasteiger partial charge in [-0.1, -0.05) is 26.0 Å². The van der Waals surface area contributed by atoms with Crippen LogP contribution in [0.5, 0.6) is 5.75 Å². The van der Waals surface area contributed by atoms with Crippen molar-refractivity contribution in [3.05, 3.63) is 24.3 Å². The van der Waals surface area contributed by atoms with Crippen molar-refractivity contribution < 1.29 is 14.3 Å². The number of carbonyl (C=O) groups excluding carboxylic acids is 2. The number of piperidine rings is 1. The van der Waals surface area contributed by atoms with Gasteiger partial charge in [0.05, 0.1) is 18.3 Å². The van der Waals surface area contributed by atoms with Crippen LogP contribution in [0.2, 0.25) is 0 Å². The van der Waals surface area contributed by atoms with Crippen LogP contribution >= 0.6 is 0 Å². The lowest BCUT2D eigenvalue weighted by Crippen LogP contribution is -2.50. The Morgan fingerprint density at radius 3 is 2.42 bits per heavy atom. The molecule has 1 saturated heterocycles. The van der Waals surface area contributed by atoms with Crippen LogP contribution in [0.3, 0.4) is 0 Å². The van der Waals surface area contributed by atoms with Gasteiger partial charge in [0.15, 0.2) is 0 Å². The monoisotopic (exact) mass is 361 g/mol. The van der Waals surface area contributed by atoms with E-state index >= 15 is 0 Å². The van der Waals surface area contributed by atoms with E-state index < -0.39 is 0 Å². The lowest BCUT2D eigenvalue weighted by molar-refractivity contribution is -0.126. The van der Waals surface area contributed by atoms with Crippen LogP contribution in [0, 0.1) is 5.92 Å². The van der Waals surface area contributed by atoms with E-state index in [0.717, 1.165) is 25.9 Å². The van der Waals surface area contributed by atoms with Crippen LogP contribution in [0.25, 0.3) is 0 Å². The maximum absolute atomic E-state index is 12.6. The number of carbonyl (C=O) groups is 2. The number of anilines is 1. The Hall–Kier alpha value is -2.08. The van der Waals surface area contributed by atoms with Crippen molar-refractivity contribution >= 4 is 17.5 Å². The van der Waals surface area contributed by atoms with E-state index in [0.29, 0.717) is 18.0 Å². The molecule has 1 fully saturated rings. The Kier molecular flexibility index (Phi) is 7.45. The van der Waals surface area contributed by atoms with Crippen molar-refractivity contribution in [1.82, 2.24) is 10.2 Å². The average Bonchev–Trinajstić information content (AvgIpc) is 2.63. The molecule has 1 unspecified atom stereocenters. The van der Waals surface area contributed by atoms with E-state index in [4.69, 9.17) is 4.74 Å². The number of para-hydroxylation sites is 2. The minimum atomic E-state index is -0.230. The first-order valence-electron chi connectivity index (χ1n) is 9.49. The van der Waals surface area contributed by atoms with E-state index in [2.05, 4.69) is 15.5 Å². The first kappa shape index (κ1) is 20.2. The molecule has 0 aliphatic carbocycles. The van der Waals surface area contributed by atoms with Crippen LogP contribution < -0.4 is 15.4 Å². The van der Waals surface area contributed by atoms with E-state index in [1.54, 1.807) is 0 Å². The molecule has 0 bridgehead atoms. The molecule has 2 rings (SSSR count). The topological polar surface area (TPSA) is 70.7 Å². The lowest BCUT2D eigenvalue weighted by atomic mass is 10.0. The van der Waals surface area contributed by atoms with Crippen LogP contribution in [0.4, 0.5) is 5.69 Å². The highest BCUT2D eigenvalue weighted by Crippen LogP contribution is 2.24. The van der Waals surface area contributed by atoms with Gasteiger partial charge in [0.25, 0.3) is 0 Å². The SMILES string of the molecule is CCOc1ccccc1NC(=O)C(C)N1CCC(NC(=O)C(C)C)CC1. The van der Waals surface area contributed by atoms with Crippen molar-refractivity contribution in [2.45, 2.75) is 52.6 Å². The third-order valence-corrected chi connectivity index (χ3v) is 4.77. The van der Waals surface area contributed by atoms with E-state index in [1.807, 2.05) is 52.0 Å². The van der Waals surface area contributed by atoms with Crippen LogP contribution in [-0.4, -0.2) is 48.5 Å². The van der Waals surface area contributed by atoms with Crippen LogP contribution in [-0.2, 0) is 9.59 Å². The summed E-state index contributed by atoms with van der Waals surface area (Å²) in [5, 5.41) is 6.06. The normalized spacial score (nSPS) is 17.0. The number of nitrogens with zero attached hydrogens (tertiary/aromatic N) is 1. The van der Waals surface area contributed by atoms with Crippen molar-refractivity contribution in [3.63, 3.8) is 0 Å². The van der Waals surface area contributed by atoms with Crippen molar-refractivity contribution in [3.8, 4) is 5.75 Å². The number of ether oxygens (including phenoxy) is 1. The van der Waals surface area contributed by atoms with Gasteiger partial charge in [0, 0.05) is 25.0 Å². The van der Waals surface area contributed by atoms with Gasteiger partial charge in [0.2, 0.25) is 11.8 Å². The third kappa shape index (κ3) is 5.46. The summed E-state index contributed by atoms with van der Waals surface area (Å²) in [4.78, 5) is 26.6. The predicted octanol–water partition coefficient (Wildman–Crippen LogP) is 2.65. The average molecular weight is 361 g/mol. The first-order chi connectivity index (χ1) is 12.4. The van der Waals surface area contributed by atoms with Crippen molar-refractivity contribution in [2.75, 3.05) is 25.0 Å². The van der Waals surface area contributed by atoms with Crippen LogP contribution in [0.1, 0.15) is 40.5 Å². The van der Waals surface area contributed by atoms with Crippen molar-refractivity contribution in [1.29, 1.82) is 0 Å². The Bertz CT molecular complexity index is 610. The molecular weight excluding hydrogens is 330 g/mol. The molecule has 0 spiro atoms. The smallest absolute Gasteiger partial charge is 0.241 e. The molecule has 1 aliphatic rings. The minimum absolute atomic E-state index is 0.00291. The van der Waals surface area contributed by atoms with Crippen LogP contribution in [0.15, 0.2) is 24.3 Å². The molecule has 0 radical (unpaired) electrons. The molecule has 1 aromatic rings. The molecule has 26 heavy (non-hydrogen) atoms. The number of amides is 2. The molecule has 0 aromatic heterocycles. The fourth-order valence-corrected chi connectivity index (χ4v) is 3.05. The summed E-state index contributed by atoms with van der Waals surface area (Å²) in [5.74, 6) is 0.748. The van der Waals surface area contributed by atoms with Gasteiger partial charge in [0.1, 0.15) is 5.75 Å². The number of hydrogen-bond donors (Lipinski definition) is 2.